The normalized spacial score (nSPS) is 10.4. The van der Waals surface area contributed by atoms with E-state index in [9.17, 15) is 4.79 Å². The van der Waals surface area contributed by atoms with Gasteiger partial charge in [0, 0.05) is 24.7 Å². The summed E-state index contributed by atoms with van der Waals surface area (Å²) in [5.41, 5.74) is 1.04. The molecule has 0 saturated heterocycles. The lowest BCUT2D eigenvalue weighted by atomic mass is 10.2. The zero-order chi connectivity index (χ0) is 13.4. The van der Waals surface area contributed by atoms with Crippen LogP contribution in [0.2, 0.25) is 5.02 Å². The number of carbonyl (C=O) groups is 1. The van der Waals surface area contributed by atoms with Gasteiger partial charge in [0.05, 0.1) is 18.2 Å². The van der Waals surface area contributed by atoms with Crippen molar-refractivity contribution in [2.75, 3.05) is 26.8 Å². The van der Waals surface area contributed by atoms with Crippen molar-refractivity contribution in [3.8, 4) is 0 Å². The van der Waals surface area contributed by atoms with E-state index < -0.39 is 0 Å². The minimum Gasteiger partial charge on any atom is -0.383 e. The van der Waals surface area contributed by atoms with Crippen LogP contribution >= 0.6 is 27.5 Å². The Morgan fingerprint density at radius 3 is 2.94 bits per heavy atom. The Morgan fingerprint density at radius 1 is 1.50 bits per heavy atom. The average Bonchev–Trinajstić information content (AvgIpc) is 2.34. The van der Waals surface area contributed by atoms with Crippen LogP contribution in [-0.4, -0.2) is 32.7 Å². The molecule has 0 bridgehead atoms. The number of nitrogens with one attached hydrogen (secondary N) is 2. The van der Waals surface area contributed by atoms with Crippen molar-refractivity contribution in [3.05, 3.63) is 33.3 Å². The SMILES string of the molecule is COCCNC(=O)CNCc1ccc(Br)c(Cl)c1. The van der Waals surface area contributed by atoms with E-state index in [1.54, 1.807) is 7.11 Å². The Hall–Kier alpha value is -0.620. The van der Waals surface area contributed by atoms with E-state index in [2.05, 4.69) is 26.6 Å². The lowest BCUT2D eigenvalue weighted by Crippen LogP contribution is -2.35. The molecule has 0 spiro atoms. The lowest BCUT2D eigenvalue weighted by molar-refractivity contribution is -0.120. The number of carbonyl (C=O) groups excluding carboxylic acids is 1. The Labute approximate surface area is 120 Å². The second-order valence-corrected chi connectivity index (χ2v) is 4.96. The number of halogens is 2. The van der Waals surface area contributed by atoms with Crippen molar-refractivity contribution in [1.82, 2.24) is 10.6 Å². The van der Waals surface area contributed by atoms with Gasteiger partial charge in [-0.25, -0.2) is 0 Å². The first kappa shape index (κ1) is 15.4. The molecule has 0 saturated carbocycles. The molecular formula is C12H16BrClN2O2. The summed E-state index contributed by atoms with van der Waals surface area (Å²) >= 11 is 9.30. The molecule has 0 atom stereocenters. The highest BCUT2D eigenvalue weighted by Gasteiger charge is 2.01. The Bertz CT molecular complexity index is 402. The van der Waals surface area contributed by atoms with Crippen molar-refractivity contribution >= 4 is 33.4 Å². The van der Waals surface area contributed by atoms with Crippen molar-refractivity contribution in [3.63, 3.8) is 0 Å². The highest BCUT2D eigenvalue weighted by atomic mass is 79.9. The first-order valence-corrected chi connectivity index (χ1v) is 6.71. The molecule has 1 aromatic rings. The zero-order valence-electron chi connectivity index (χ0n) is 10.1. The van der Waals surface area contributed by atoms with Crippen LogP contribution in [0.4, 0.5) is 0 Å². The first-order chi connectivity index (χ1) is 8.63. The van der Waals surface area contributed by atoms with Crippen LogP contribution in [0.3, 0.4) is 0 Å². The number of benzene rings is 1. The third kappa shape index (κ3) is 5.82. The maximum Gasteiger partial charge on any atom is 0.234 e. The average molecular weight is 336 g/mol. The summed E-state index contributed by atoms with van der Waals surface area (Å²) in [7, 11) is 1.60. The fourth-order valence-electron chi connectivity index (χ4n) is 1.32. The standard InChI is InChI=1S/C12H16BrClN2O2/c1-18-5-4-16-12(17)8-15-7-9-2-3-10(13)11(14)6-9/h2-3,6,15H,4-5,7-8H2,1H3,(H,16,17). The summed E-state index contributed by atoms with van der Waals surface area (Å²) < 4.78 is 5.70. The fraction of sp³-hybridized carbons (Fsp3) is 0.417. The van der Waals surface area contributed by atoms with Gasteiger partial charge in [0.1, 0.15) is 0 Å². The van der Waals surface area contributed by atoms with Crippen molar-refractivity contribution in [2.24, 2.45) is 0 Å². The van der Waals surface area contributed by atoms with E-state index in [0.29, 0.717) is 24.7 Å². The molecule has 18 heavy (non-hydrogen) atoms. The first-order valence-electron chi connectivity index (χ1n) is 5.53. The number of amides is 1. The summed E-state index contributed by atoms with van der Waals surface area (Å²) in [5, 5.41) is 6.44. The van der Waals surface area contributed by atoms with Gasteiger partial charge in [-0.3, -0.25) is 4.79 Å². The van der Waals surface area contributed by atoms with Gasteiger partial charge in [-0.05, 0) is 33.6 Å². The highest BCUT2D eigenvalue weighted by Crippen LogP contribution is 2.22. The van der Waals surface area contributed by atoms with Crippen LogP contribution in [0.25, 0.3) is 0 Å². The number of ether oxygens (including phenoxy) is 1. The topological polar surface area (TPSA) is 50.4 Å². The second-order valence-electron chi connectivity index (χ2n) is 3.69. The number of methoxy groups -OCH3 is 1. The molecule has 6 heteroatoms. The van der Waals surface area contributed by atoms with Crippen LogP contribution in [0.5, 0.6) is 0 Å². The molecule has 1 aromatic carbocycles. The van der Waals surface area contributed by atoms with Crippen LogP contribution in [0, 0.1) is 0 Å². The minimum absolute atomic E-state index is 0.0461. The number of hydrogen-bond acceptors (Lipinski definition) is 3. The highest BCUT2D eigenvalue weighted by molar-refractivity contribution is 9.10. The van der Waals surface area contributed by atoms with Gasteiger partial charge in [-0.15, -0.1) is 0 Å². The molecule has 2 N–H and O–H groups in total. The van der Waals surface area contributed by atoms with Gasteiger partial charge >= 0.3 is 0 Å². The monoisotopic (exact) mass is 334 g/mol. The van der Waals surface area contributed by atoms with E-state index in [0.717, 1.165) is 10.0 Å². The van der Waals surface area contributed by atoms with E-state index in [1.807, 2.05) is 18.2 Å². The molecule has 100 valence electrons. The molecule has 0 aliphatic carbocycles. The Kier molecular flexibility index (Phi) is 7.27. The second kappa shape index (κ2) is 8.48. The summed E-state index contributed by atoms with van der Waals surface area (Å²) in [4.78, 5) is 11.4. The summed E-state index contributed by atoms with van der Waals surface area (Å²) in [6.45, 7) is 1.93. The predicted molar refractivity (Wildman–Crippen MR) is 75.7 cm³/mol. The number of hydrogen-bond donors (Lipinski definition) is 2. The molecule has 0 heterocycles. The molecule has 0 fully saturated rings. The maximum atomic E-state index is 11.4. The third-order valence-electron chi connectivity index (χ3n) is 2.23. The summed E-state index contributed by atoms with van der Waals surface area (Å²) in [5.74, 6) is -0.0461. The molecule has 0 radical (unpaired) electrons. The van der Waals surface area contributed by atoms with Crippen molar-refractivity contribution in [2.45, 2.75) is 6.54 Å². The Balaban J connectivity index is 2.24. The van der Waals surface area contributed by atoms with E-state index in [1.165, 1.54) is 0 Å². The van der Waals surface area contributed by atoms with Gasteiger partial charge in [0.15, 0.2) is 0 Å². The molecule has 0 aliphatic heterocycles. The van der Waals surface area contributed by atoms with Gasteiger partial charge in [-0.1, -0.05) is 17.7 Å². The molecular weight excluding hydrogens is 320 g/mol. The fourth-order valence-corrected chi connectivity index (χ4v) is 1.77. The predicted octanol–water partition coefficient (Wildman–Crippen LogP) is 1.95. The lowest BCUT2D eigenvalue weighted by Gasteiger charge is -2.07. The van der Waals surface area contributed by atoms with E-state index >= 15 is 0 Å². The zero-order valence-corrected chi connectivity index (χ0v) is 12.5. The van der Waals surface area contributed by atoms with Crippen molar-refractivity contribution < 1.29 is 9.53 Å². The Morgan fingerprint density at radius 2 is 2.28 bits per heavy atom. The van der Waals surface area contributed by atoms with E-state index in [-0.39, 0.29) is 12.5 Å². The molecule has 0 aromatic heterocycles. The quantitative estimate of drug-likeness (QED) is 0.749. The van der Waals surface area contributed by atoms with Gasteiger partial charge in [-0.2, -0.15) is 0 Å². The maximum absolute atomic E-state index is 11.4. The minimum atomic E-state index is -0.0461. The number of rotatable bonds is 7. The van der Waals surface area contributed by atoms with Crippen LogP contribution in [-0.2, 0) is 16.1 Å². The van der Waals surface area contributed by atoms with Crippen LogP contribution in [0.1, 0.15) is 5.56 Å². The van der Waals surface area contributed by atoms with Gasteiger partial charge in [0.2, 0.25) is 5.91 Å². The molecule has 4 nitrogen and oxygen atoms in total. The van der Waals surface area contributed by atoms with Crippen molar-refractivity contribution in [1.29, 1.82) is 0 Å². The smallest absolute Gasteiger partial charge is 0.234 e. The van der Waals surface area contributed by atoms with Crippen LogP contribution in [0.15, 0.2) is 22.7 Å². The molecule has 1 rings (SSSR count). The van der Waals surface area contributed by atoms with E-state index in [4.69, 9.17) is 16.3 Å². The third-order valence-corrected chi connectivity index (χ3v) is 3.46. The summed E-state index contributed by atoms with van der Waals surface area (Å²) in [6.07, 6.45) is 0. The van der Waals surface area contributed by atoms with Gasteiger partial charge < -0.3 is 15.4 Å². The molecule has 1 amide bonds. The van der Waals surface area contributed by atoms with Gasteiger partial charge in [0.25, 0.3) is 0 Å². The largest absolute Gasteiger partial charge is 0.383 e. The van der Waals surface area contributed by atoms with Crippen LogP contribution < -0.4 is 10.6 Å². The molecule has 0 aliphatic rings. The summed E-state index contributed by atoms with van der Waals surface area (Å²) in [6, 6.07) is 5.70. The molecule has 0 unspecified atom stereocenters.